The van der Waals surface area contributed by atoms with E-state index >= 15 is 0 Å². The third-order valence-corrected chi connectivity index (χ3v) is 4.68. The molecule has 0 saturated carbocycles. The molecule has 3 rings (SSSR count). The minimum absolute atomic E-state index is 0.124. The number of carbonyl (C=O) groups is 1. The Bertz CT molecular complexity index is 662. The predicted octanol–water partition coefficient (Wildman–Crippen LogP) is 2.01. The molecule has 6 heteroatoms. The topological polar surface area (TPSA) is 58.0 Å². The summed E-state index contributed by atoms with van der Waals surface area (Å²) >= 11 is 0. The van der Waals surface area contributed by atoms with Crippen molar-refractivity contribution >= 4 is 5.91 Å². The van der Waals surface area contributed by atoms with Gasteiger partial charge in [0.1, 0.15) is 5.75 Å². The number of rotatable bonds is 6. The molecular formula is C19H25N3O3. The van der Waals surface area contributed by atoms with Gasteiger partial charge in [-0.15, -0.1) is 0 Å². The lowest BCUT2D eigenvalue weighted by Gasteiger charge is -2.38. The van der Waals surface area contributed by atoms with Crippen molar-refractivity contribution in [3.63, 3.8) is 0 Å². The number of benzene rings is 1. The van der Waals surface area contributed by atoms with Gasteiger partial charge in [0.15, 0.2) is 5.76 Å². The summed E-state index contributed by atoms with van der Waals surface area (Å²) in [6.45, 7) is 4.54. The summed E-state index contributed by atoms with van der Waals surface area (Å²) in [5.74, 6) is 0.991. The van der Waals surface area contributed by atoms with E-state index in [1.165, 1.54) is 11.8 Å². The lowest BCUT2D eigenvalue weighted by molar-refractivity contribution is 0.0863. The average Bonchev–Trinajstić information content (AvgIpc) is 3.18. The Hall–Kier alpha value is -2.31. The van der Waals surface area contributed by atoms with Gasteiger partial charge in [0.25, 0.3) is 5.91 Å². The van der Waals surface area contributed by atoms with Crippen LogP contribution in [0.3, 0.4) is 0 Å². The first-order valence-corrected chi connectivity index (χ1v) is 8.55. The van der Waals surface area contributed by atoms with Crippen LogP contribution in [0.5, 0.6) is 5.75 Å². The lowest BCUT2D eigenvalue weighted by Crippen LogP contribution is -2.48. The molecule has 1 aromatic heterocycles. The van der Waals surface area contributed by atoms with Crippen molar-refractivity contribution in [2.24, 2.45) is 0 Å². The zero-order valence-electron chi connectivity index (χ0n) is 14.8. The minimum Gasteiger partial charge on any atom is -0.497 e. The molecule has 0 spiro atoms. The van der Waals surface area contributed by atoms with E-state index < -0.39 is 0 Å². The second-order valence-electron chi connectivity index (χ2n) is 6.32. The summed E-state index contributed by atoms with van der Waals surface area (Å²) in [7, 11) is 3.80. The maximum absolute atomic E-state index is 12.2. The highest BCUT2D eigenvalue weighted by Gasteiger charge is 2.25. The van der Waals surface area contributed by atoms with Crippen LogP contribution in [0.2, 0.25) is 0 Å². The molecule has 1 aromatic carbocycles. The summed E-state index contributed by atoms with van der Waals surface area (Å²) < 4.78 is 10.4. The second kappa shape index (κ2) is 8.18. The van der Waals surface area contributed by atoms with Crippen molar-refractivity contribution < 1.29 is 13.9 Å². The molecule has 134 valence electrons. The van der Waals surface area contributed by atoms with E-state index in [2.05, 4.69) is 34.3 Å². The Labute approximate surface area is 148 Å². The van der Waals surface area contributed by atoms with Gasteiger partial charge < -0.3 is 19.4 Å². The Kier molecular flexibility index (Phi) is 5.73. The maximum Gasteiger partial charge on any atom is 0.287 e. The Morgan fingerprint density at radius 2 is 1.92 bits per heavy atom. The molecule has 1 amide bonds. The number of piperazine rings is 1. The molecule has 1 aliphatic heterocycles. The Morgan fingerprint density at radius 3 is 2.52 bits per heavy atom. The molecule has 1 aliphatic rings. The van der Waals surface area contributed by atoms with Crippen LogP contribution in [-0.2, 0) is 0 Å². The molecule has 0 bridgehead atoms. The van der Waals surface area contributed by atoms with E-state index in [1.807, 2.05) is 12.1 Å². The Morgan fingerprint density at radius 1 is 1.20 bits per heavy atom. The second-order valence-corrected chi connectivity index (χ2v) is 6.32. The molecule has 25 heavy (non-hydrogen) atoms. The van der Waals surface area contributed by atoms with Gasteiger partial charge >= 0.3 is 0 Å². The van der Waals surface area contributed by atoms with E-state index in [4.69, 9.17) is 9.15 Å². The van der Waals surface area contributed by atoms with Crippen LogP contribution in [0.15, 0.2) is 47.1 Å². The van der Waals surface area contributed by atoms with Crippen LogP contribution in [0.1, 0.15) is 22.2 Å². The van der Waals surface area contributed by atoms with E-state index in [1.54, 1.807) is 19.2 Å². The molecule has 2 heterocycles. The van der Waals surface area contributed by atoms with Crippen LogP contribution in [0, 0.1) is 0 Å². The number of hydrogen-bond donors (Lipinski definition) is 1. The van der Waals surface area contributed by atoms with Crippen LogP contribution in [0.4, 0.5) is 0 Å². The first kappa shape index (κ1) is 17.5. The molecule has 0 aliphatic carbocycles. The van der Waals surface area contributed by atoms with Gasteiger partial charge in [-0.3, -0.25) is 9.69 Å². The summed E-state index contributed by atoms with van der Waals surface area (Å²) in [6.07, 6.45) is 1.51. The molecule has 1 fully saturated rings. The highest BCUT2D eigenvalue weighted by molar-refractivity contribution is 5.91. The average molecular weight is 343 g/mol. The summed E-state index contributed by atoms with van der Waals surface area (Å²) in [4.78, 5) is 17.0. The minimum atomic E-state index is -0.183. The number of likely N-dealkylation sites (N-methyl/N-ethyl adjacent to an activating group) is 1. The van der Waals surface area contributed by atoms with Gasteiger partial charge in [-0.2, -0.15) is 0 Å². The first-order chi connectivity index (χ1) is 12.2. The molecule has 0 radical (unpaired) electrons. The van der Waals surface area contributed by atoms with E-state index in [9.17, 15) is 4.79 Å². The van der Waals surface area contributed by atoms with Crippen LogP contribution in [0.25, 0.3) is 0 Å². The quantitative estimate of drug-likeness (QED) is 0.869. The van der Waals surface area contributed by atoms with E-state index in [0.29, 0.717) is 12.3 Å². The molecule has 6 nitrogen and oxygen atoms in total. The first-order valence-electron chi connectivity index (χ1n) is 8.55. The van der Waals surface area contributed by atoms with Crippen molar-refractivity contribution in [1.82, 2.24) is 15.1 Å². The number of furan rings is 1. The number of ether oxygens (including phenoxy) is 1. The normalized spacial score (nSPS) is 17.2. The van der Waals surface area contributed by atoms with E-state index in [-0.39, 0.29) is 11.9 Å². The number of nitrogens with one attached hydrogen (secondary N) is 1. The van der Waals surface area contributed by atoms with Crippen molar-refractivity contribution in [3.8, 4) is 5.75 Å². The van der Waals surface area contributed by atoms with Crippen LogP contribution in [-0.4, -0.2) is 62.6 Å². The molecule has 1 unspecified atom stereocenters. The fourth-order valence-electron chi connectivity index (χ4n) is 3.10. The maximum atomic E-state index is 12.2. The number of carbonyl (C=O) groups excluding carboxylic acids is 1. The highest BCUT2D eigenvalue weighted by atomic mass is 16.5. The van der Waals surface area contributed by atoms with E-state index in [0.717, 1.165) is 31.9 Å². The standard InChI is InChI=1S/C19H25N3O3/c1-21-9-11-22(12-10-21)17(15-5-7-16(24-2)8-6-15)14-20-19(23)18-4-3-13-25-18/h3-8,13,17H,9-12,14H2,1-2H3,(H,20,23). The monoisotopic (exact) mass is 343 g/mol. The smallest absolute Gasteiger partial charge is 0.287 e. The molecule has 2 aromatic rings. The van der Waals surface area contributed by atoms with Gasteiger partial charge in [0.05, 0.1) is 19.4 Å². The third kappa shape index (κ3) is 4.41. The Balaban J connectivity index is 1.72. The van der Waals surface area contributed by atoms with Gasteiger partial charge in [-0.1, -0.05) is 12.1 Å². The third-order valence-electron chi connectivity index (χ3n) is 4.68. The zero-order chi connectivity index (χ0) is 17.6. The molecule has 1 N–H and O–H groups in total. The molecular weight excluding hydrogens is 318 g/mol. The van der Waals surface area contributed by atoms with Crippen molar-refractivity contribution in [1.29, 1.82) is 0 Å². The van der Waals surface area contributed by atoms with Crippen LogP contribution < -0.4 is 10.1 Å². The molecule has 1 atom stereocenters. The SMILES string of the molecule is COc1ccc(C(CNC(=O)c2ccco2)N2CCN(C)CC2)cc1. The van der Waals surface area contributed by atoms with Gasteiger partial charge in [0, 0.05) is 32.7 Å². The molecule has 1 saturated heterocycles. The number of methoxy groups -OCH3 is 1. The predicted molar refractivity (Wildman–Crippen MR) is 95.8 cm³/mol. The highest BCUT2D eigenvalue weighted by Crippen LogP contribution is 2.24. The summed E-state index contributed by atoms with van der Waals surface area (Å²) in [5.41, 5.74) is 1.17. The van der Waals surface area contributed by atoms with Gasteiger partial charge in [-0.05, 0) is 36.9 Å². The number of hydrogen-bond acceptors (Lipinski definition) is 5. The lowest BCUT2D eigenvalue weighted by atomic mass is 10.0. The summed E-state index contributed by atoms with van der Waals surface area (Å²) in [5, 5.41) is 3.00. The summed E-state index contributed by atoms with van der Waals surface area (Å²) in [6, 6.07) is 11.6. The van der Waals surface area contributed by atoms with Crippen molar-refractivity contribution in [2.45, 2.75) is 6.04 Å². The number of nitrogens with zero attached hydrogens (tertiary/aromatic N) is 2. The zero-order valence-corrected chi connectivity index (χ0v) is 14.8. The van der Waals surface area contributed by atoms with Crippen molar-refractivity contribution in [2.75, 3.05) is 46.9 Å². The number of amides is 1. The largest absolute Gasteiger partial charge is 0.497 e. The fourth-order valence-corrected chi connectivity index (χ4v) is 3.10. The fraction of sp³-hybridized carbons (Fsp3) is 0.421. The van der Waals surface area contributed by atoms with Crippen molar-refractivity contribution in [3.05, 3.63) is 54.0 Å². The van der Waals surface area contributed by atoms with Crippen LogP contribution >= 0.6 is 0 Å². The van der Waals surface area contributed by atoms with Gasteiger partial charge in [0.2, 0.25) is 0 Å². The van der Waals surface area contributed by atoms with Gasteiger partial charge in [-0.25, -0.2) is 0 Å².